The fourth-order valence-corrected chi connectivity index (χ4v) is 3.11. The third kappa shape index (κ3) is 3.20. The summed E-state index contributed by atoms with van der Waals surface area (Å²) >= 11 is 7.54. The molecule has 2 aromatic heterocycles. The minimum absolute atomic E-state index is 0.669. The topological polar surface area (TPSA) is 67.1 Å². The number of aryl methyl sites for hydroxylation is 1. The zero-order valence-electron chi connectivity index (χ0n) is 11.8. The van der Waals surface area contributed by atoms with Gasteiger partial charge in [0.2, 0.25) is 0 Å². The van der Waals surface area contributed by atoms with Crippen LogP contribution in [0.3, 0.4) is 0 Å². The normalized spacial score (nSPS) is 10.7. The average Bonchev–Trinajstić information content (AvgIpc) is 2.84. The summed E-state index contributed by atoms with van der Waals surface area (Å²) in [6.07, 6.45) is 0.765. The molecule has 0 fully saturated rings. The van der Waals surface area contributed by atoms with Gasteiger partial charge in [0.25, 0.3) is 0 Å². The summed E-state index contributed by atoms with van der Waals surface area (Å²) in [6.45, 7) is 4.73. The number of nitrogens with two attached hydrogens (primary N) is 1. The Balaban J connectivity index is 2.30. The van der Waals surface area contributed by atoms with Crippen molar-refractivity contribution in [3.05, 3.63) is 32.7 Å². The number of halogens is 1. The van der Waals surface area contributed by atoms with Crippen LogP contribution in [-0.4, -0.2) is 17.0 Å². The zero-order valence-corrected chi connectivity index (χ0v) is 13.3. The van der Waals surface area contributed by atoms with Gasteiger partial charge in [0.15, 0.2) is 0 Å². The molecule has 0 aromatic carbocycles. The van der Waals surface area contributed by atoms with E-state index in [9.17, 15) is 0 Å². The Hall–Kier alpha value is -1.37. The molecule has 0 spiro atoms. The van der Waals surface area contributed by atoms with Gasteiger partial charge in [0.1, 0.15) is 17.5 Å². The van der Waals surface area contributed by atoms with Crippen LogP contribution in [0, 0.1) is 6.92 Å². The van der Waals surface area contributed by atoms with E-state index in [0.717, 1.165) is 34.5 Å². The van der Waals surface area contributed by atoms with Gasteiger partial charge in [-0.25, -0.2) is 15.8 Å². The number of hydrogen-bond acceptors (Lipinski definition) is 6. The highest BCUT2D eigenvalue weighted by Crippen LogP contribution is 2.27. The van der Waals surface area contributed by atoms with Gasteiger partial charge in [0, 0.05) is 23.9 Å². The Morgan fingerprint density at radius 2 is 2.15 bits per heavy atom. The third-order valence-electron chi connectivity index (χ3n) is 3.00. The van der Waals surface area contributed by atoms with E-state index < -0.39 is 0 Å². The predicted molar refractivity (Wildman–Crippen MR) is 85.4 cm³/mol. The van der Waals surface area contributed by atoms with Crippen LogP contribution in [0.2, 0.25) is 4.34 Å². The maximum absolute atomic E-state index is 5.96. The summed E-state index contributed by atoms with van der Waals surface area (Å²) in [5, 5.41) is 0. The molecule has 0 unspecified atom stereocenters. The van der Waals surface area contributed by atoms with Gasteiger partial charge in [-0.3, -0.25) is 0 Å². The largest absolute Gasteiger partial charge is 0.354 e. The second-order valence-corrected chi connectivity index (χ2v) is 6.30. The summed E-state index contributed by atoms with van der Waals surface area (Å²) in [7, 11) is 2.00. The first-order chi connectivity index (χ1) is 9.55. The van der Waals surface area contributed by atoms with Crippen molar-refractivity contribution in [2.24, 2.45) is 5.84 Å². The highest BCUT2D eigenvalue weighted by Gasteiger charge is 2.14. The van der Waals surface area contributed by atoms with Crippen molar-refractivity contribution in [2.45, 2.75) is 26.8 Å². The number of aromatic nitrogens is 2. The maximum Gasteiger partial charge on any atom is 0.148 e. The molecule has 20 heavy (non-hydrogen) atoms. The van der Waals surface area contributed by atoms with E-state index in [4.69, 9.17) is 17.4 Å². The highest BCUT2D eigenvalue weighted by atomic mass is 35.5. The first-order valence-corrected chi connectivity index (χ1v) is 7.54. The van der Waals surface area contributed by atoms with Crippen molar-refractivity contribution >= 4 is 34.6 Å². The second-order valence-electron chi connectivity index (χ2n) is 4.50. The lowest BCUT2D eigenvalue weighted by atomic mass is 10.2. The maximum atomic E-state index is 5.96. The van der Waals surface area contributed by atoms with Crippen molar-refractivity contribution in [3.63, 3.8) is 0 Å². The van der Waals surface area contributed by atoms with Gasteiger partial charge >= 0.3 is 0 Å². The van der Waals surface area contributed by atoms with Gasteiger partial charge in [-0.2, -0.15) is 0 Å². The van der Waals surface area contributed by atoms with E-state index in [1.165, 1.54) is 4.88 Å². The number of anilines is 2. The third-order valence-corrected chi connectivity index (χ3v) is 4.22. The summed E-state index contributed by atoms with van der Waals surface area (Å²) in [4.78, 5) is 12.2. The lowest BCUT2D eigenvalue weighted by Crippen LogP contribution is -2.21. The van der Waals surface area contributed by atoms with Crippen molar-refractivity contribution in [2.75, 3.05) is 17.4 Å². The van der Waals surface area contributed by atoms with E-state index in [0.29, 0.717) is 5.82 Å². The van der Waals surface area contributed by atoms with Gasteiger partial charge in [-0.05, 0) is 19.1 Å². The Labute approximate surface area is 127 Å². The van der Waals surface area contributed by atoms with Crippen LogP contribution >= 0.6 is 22.9 Å². The molecule has 2 heterocycles. The molecule has 0 aliphatic heterocycles. The molecule has 0 atom stereocenters. The molecule has 0 saturated heterocycles. The van der Waals surface area contributed by atoms with Gasteiger partial charge in [-0.15, -0.1) is 11.3 Å². The van der Waals surface area contributed by atoms with Crippen LogP contribution in [-0.2, 0) is 13.0 Å². The molecule has 0 amide bonds. The fourth-order valence-electron chi connectivity index (χ4n) is 1.97. The predicted octanol–water partition coefficient (Wildman–Crippen LogP) is 2.98. The molecule has 0 radical (unpaired) electrons. The molecular formula is C13H18ClN5S. The number of hydrogen-bond donors (Lipinski definition) is 2. The number of hydrazine groups is 1. The highest BCUT2D eigenvalue weighted by molar-refractivity contribution is 7.16. The van der Waals surface area contributed by atoms with Crippen LogP contribution < -0.4 is 16.2 Å². The number of nitrogens with zero attached hydrogens (tertiary/aromatic N) is 3. The quantitative estimate of drug-likeness (QED) is 0.656. The molecular weight excluding hydrogens is 294 g/mol. The SMILES string of the molecule is CCc1nc(NN)c(C)c(N(C)Cc2ccc(Cl)s2)n1. The van der Waals surface area contributed by atoms with Crippen molar-refractivity contribution in [1.82, 2.24) is 9.97 Å². The summed E-state index contributed by atoms with van der Waals surface area (Å²) in [5.74, 6) is 7.85. The standard InChI is InChI=1S/C13H18ClN5S/c1-4-11-16-12(18-15)8(2)13(17-11)19(3)7-9-5-6-10(14)20-9/h5-6H,4,7,15H2,1-3H3,(H,16,17,18). The van der Waals surface area contributed by atoms with E-state index in [1.54, 1.807) is 11.3 Å². The lowest BCUT2D eigenvalue weighted by molar-refractivity contribution is 0.856. The minimum Gasteiger partial charge on any atom is -0.354 e. The molecule has 0 saturated carbocycles. The smallest absolute Gasteiger partial charge is 0.148 e. The van der Waals surface area contributed by atoms with Crippen LogP contribution in [0.25, 0.3) is 0 Å². The van der Waals surface area contributed by atoms with Gasteiger partial charge < -0.3 is 10.3 Å². The molecule has 7 heteroatoms. The summed E-state index contributed by atoms with van der Waals surface area (Å²) in [5.41, 5.74) is 3.58. The molecule has 0 aliphatic rings. The van der Waals surface area contributed by atoms with E-state index in [-0.39, 0.29) is 0 Å². The Morgan fingerprint density at radius 1 is 1.40 bits per heavy atom. The van der Waals surface area contributed by atoms with E-state index in [2.05, 4.69) is 20.3 Å². The van der Waals surface area contributed by atoms with Crippen molar-refractivity contribution in [3.8, 4) is 0 Å². The Kier molecular flexibility index (Phi) is 4.80. The Bertz CT molecular complexity index is 598. The number of rotatable bonds is 5. The van der Waals surface area contributed by atoms with Gasteiger partial charge in [-0.1, -0.05) is 18.5 Å². The van der Waals surface area contributed by atoms with Gasteiger partial charge in [0.05, 0.1) is 10.9 Å². The van der Waals surface area contributed by atoms with Crippen molar-refractivity contribution < 1.29 is 0 Å². The Morgan fingerprint density at radius 3 is 2.70 bits per heavy atom. The van der Waals surface area contributed by atoms with Crippen LogP contribution in [0.5, 0.6) is 0 Å². The van der Waals surface area contributed by atoms with Crippen LogP contribution in [0.15, 0.2) is 12.1 Å². The van der Waals surface area contributed by atoms with E-state index >= 15 is 0 Å². The molecule has 2 rings (SSSR count). The zero-order chi connectivity index (χ0) is 14.7. The molecule has 0 bridgehead atoms. The number of nitrogen functional groups attached to an aromatic ring is 1. The summed E-state index contributed by atoms with van der Waals surface area (Å²) in [6, 6.07) is 3.94. The number of thiophene rings is 1. The minimum atomic E-state index is 0.669. The molecule has 5 nitrogen and oxygen atoms in total. The first kappa shape index (κ1) is 15.0. The lowest BCUT2D eigenvalue weighted by Gasteiger charge is -2.21. The molecule has 2 aromatic rings. The average molecular weight is 312 g/mol. The summed E-state index contributed by atoms with van der Waals surface area (Å²) < 4.78 is 0.798. The fraction of sp³-hybridized carbons (Fsp3) is 0.385. The van der Waals surface area contributed by atoms with Crippen molar-refractivity contribution in [1.29, 1.82) is 0 Å². The monoisotopic (exact) mass is 311 g/mol. The van der Waals surface area contributed by atoms with Crippen LogP contribution in [0.4, 0.5) is 11.6 Å². The molecule has 0 aliphatic carbocycles. The second kappa shape index (κ2) is 6.39. The molecule has 108 valence electrons. The molecule has 3 N–H and O–H groups in total. The van der Waals surface area contributed by atoms with E-state index in [1.807, 2.05) is 33.0 Å². The number of nitrogens with one attached hydrogen (secondary N) is 1. The van der Waals surface area contributed by atoms with Crippen LogP contribution in [0.1, 0.15) is 23.2 Å². The first-order valence-electron chi connectivity index (χ1n) is 6.34.